The number of aromatic nitrogens is 2. The van der Waals surface area contributed by atoms with Crippen LogP contribution in [0.3, 0.4) is 0 Å². The van der Waals surface area contributed by atoms with Crippen molar-refractivity contribution in [2.45, 2.75) is 19.6 Å². The monoisotopic (exact) mass is 334 g/mol. The second kappa shape index (κ2) is 6.39. The largest absolute Gasteiger partial charge is 0.354 e. The summed E-state index contributed by atoms with van der Waals surface area (Å²) in [4.78, 5) is 6.96. The number of fused-ring (bicyclic) bond motifs is 2. The lowest BCUT2D eigenvalue weighted by atomic mass is 10.1. The topological polar surface area (TPSA) is 50.0 Å². The minimum absolute atomic E-state index is 0.532. The fourth-order valence-electron chi connectivity index (χ4n) is 3.41. The predicted molar refractivity (Wildman–Crippen MR) is 101 cm³/mol. The molecule has 0 saturated carbocycles. The molecule has 2 aromatic carbocycles. The van der Waals surface area contributed by atoms with Crippen LogP contribution in [-0.4, -0.2) is 23.2 Å². The molecule has 0 fully saturated rings. The summed E-state index contributed by atoms with van der Waals surface area (Å²) in [6.07, 6.45) is 0. The van der Waals surface area contributed by atoms with Gasteiger partial charge in [0.2, 0.25) is 0 Å². The molecule has 0 aliphatic rings. The standard InChI is InChI=1S/C21H22N2O2/c1-3-24-21(25-4-2,19-13-15-9-5-7-11-17(15)22-19)20-14-16-10-6-8-12-18(16)23-20/h5-14,22-23H,3-4H2,1-2H3. The van der Waals surface area contributed by atoms with Crippen molar-refractivity contribution in [2.75, 3.05) is 13.2 Å². The smallest absolute Gasteiger partial charge is 0.253 e. The second-order valence-electron chi connectivity index (χ2n) is 6.02. The molecule has 0 atom stereocenters. The summed E-state index contributed by atoms with van der Waals surface area (Å²) in [5.41, 5.74) is 3.92. The molecule has 2 heterocycles. The van der Waals surface area contributed by atoms with Crippen LogP contribution in [0.15, 0.2) is 60.7 Å². The third-order valence-electron chi connectivity index (χ3n) is 4.46. The molecule has 0 bridgehead atoms. The molecule has 0 saturated heterocycles. The molecule has 2 aromatic heterocycles. The van der Waals surface area contributed by atoms with E-state index in [9.17, 15) is 0 Å². The molecule has 0 aliphatic carbocycles. The molecule has 0 radical (unpaired) electrons. The van der Waals surface area contributed by atoms with Gasteiger partial charge in [0, 0.05) is 24.2 Å². The summed E-state index contributed by atoms with van der Waals surface area (Å²) in [5, 5.41) is 2.27. The highest BCUT2D eigenvalue weighted by molar-refractivity contribution is 5.82. The van der Waals surface area contributed by atoms with Gasteiger partial charge in [-0.25, -0.2) is 0 Å². The maximum Gasteiger partial charge on any atom is 0.253 e. The van der Waals surface area contributed by atoms with Crippen molar-refractivity contribution < 1.29 is 9.47 Å². The van der Waals surface area contributed by atoms with E-state index >= 15 is 0 Å². The van der Waals surface area contributed by atoms with E-state index in [1.807, 2.05) is 38.1 Å². The molecule has 25 heavy (non-hydrogen) atoms. The highest BCUT2D eigenvalue weighted by atomic mass is 16.7. The average Bonchev–Trinajstić information content (AvgIpc) is 3.25. The van der Waals surface area contributed by atoms with Crippen LogP contribution in [0.25, 0.3) is 21.8 Å². The number of ether oxygens (including phenoxy) is 2. The van der Waals surface area contributed by atoms with Gasteiger partial charge in [0.25, 0.3) is 5.79 Å². The molecule has 0 amide bonds. The van der Waals surface area contributed by atoms with Crippen LogP contribution < -0.4 is 0 Å². The van der Waals surface area contributed by atoms with Crippen LogP contribution in [0.1, 0.15) is 25.2 Å². The molecular weight excluding hydrogens is 312 g/mol. The van der Waals surface area contributed by atoms with E-state index in [0.29, 0.717) is 13.2 Å². The average molecular weight is 334 g/mol. The van der Waals surface area contributed by atoms with Gasteiger partial charge in [-0.2, -0.15) is 0 Å². The van der Waals surface area contributed by atoms with Crippen molar-refractivity contribution >= 4 is 21.8 Å². The van der Waals surface area contributed by atoms with Crippen LogP contribution in [0.4, 0.5) is 0 Å². The van der Waals surface area contributed by atoms with E-state index in [4.69, 9.17) is 9.47 Å². The fourth-order valence-corrected chi connectivity index (χ4v) is 3.41. The van der Waals surface area contributed by atoms with Gasteiger partial charge in [-0.1, -0.05) is 36.4 Å². The van der Waals surface area contributed by atoms with E-state index in [2.05, 4.69) is 46.4 Å². The van der Waals surface area contributed by atoms with Gasteiger partial charge in [-0.3, -0.25) is 0 Å². The zero-order valence-electron chi connectivity index (χ0n) is 14.5. The first kappa shape index (κ1) is 15.9. The summed E-state index contributed by atoms with van der Waals surface area (Å²) in [7, 11) is 0. The van der Waals surface area contributed by atoms with Crippen molar-refractivity contribution in [3.63, 3.8) is 0 Å². The Morgan fingerprint density at radius 3 is 1.56 bits per heavy atom. The highest BCUT2D eigenvalue weighted by Gasteiger charge is 2.39. The number of hydrogen-bond donors (Lipinski definition) is 2. The molecule has 4 aromatic rings. The van der Waals surface area contributed by atoms with Crippen LogP contribution in [0, 0.1) is 0 Å². The molecule has 4 rings (SSSR count). The Morgan fingerprint density at radius 2 is 1.16 bits per heavy atom. The van der Waals surface area contributed by atoms with Crippen LogP contribution in [-0.2, 0) is 15.3 Å². The lowest BCUT2D eigenvalue weighted by molar-refractivity contribution is -0.217. The van der Waals surface area contributed by atoms with E-state index in [-0.39, 0.29) is 0 Å². The molecule has 2 N–H and O–H groups in total. The SMILES string of the molecule is CCOC(OCC)(c1cc2ccccc2[nH]1)c1cc2ccccc2[nH]1. The summed E-state index contributed by atoms with van der Waals surface area (Å²) in [6.45, 7) is 5.04. The number of benzene rings is 2. The number of hydrogen-bond acceptors (Lipinski definition) is 2. The number of H-pyrrole nitrogens is 2. The van der Waals surface area contributed by atoms with Gasteiger partial charge in [-0.05, 0) is 48.9 Å². The van der Waals surface area contributed by atoms with Crippen molar-refractivity contribution in [2.24, 2.45) is 0 Å². The highest BCUT2D eigenvalue weighted by Crippen LogP contribution is 2.37. The molecule has 0 spiro atoms. The van der Waals surface area contributed by atoms with Gasteiger partial charge in [0.05, 0.1) is 11.4 Å². The summed E-state index contributed by atoms with van der Waals surface area (Å²) in [5.74, 6) is -0.985. The van der Waals surface area contributed by atoms with Gasteiger partial charge in [-0.15, -0.1) is 0 Å². The van der Waals surface area contributed by atoms with Crippen molar-refractivity contribution in [3.05, 3.63) is 72.1 Å². The van der Waals surface area contributed by atoms with Crippen molar-refractivity contribution in [1.82, 2.24) is 9.97 Å². The first-order valence-electron chi connectivity index (χ1n) is 8.71. The number of aromatic amines is 2. The van der Waals surface area contributed by atoms with Gasteiger partial charge < -0.3 is 19.4 Å². The predicted octanol–water partition coefficient (Wildman–Crippen LogP) is 4.92. The maximum atomic E-state index is 6.22. The number of nitrogens with one attached hydrogen (secondary N) is 2. The van der Waals surface area contributed by atoms with Gasteiger partial charge >= 0.3 is 0 Å². The maximum absolute atomic E-state index is 6.22. The third-order valence-corrected chi connectivity index (χ3v) is 4.46. The quantitative estimate of drug-likeness (QED) is 0.492. The number of rotatable bonds is 6. The normalized spacial score (nSPS) is 12.2. The summed E-state index contributed by atoms with van der Waals surface area (Å²) >= 11 is 0. The minimum atomic E-state index is -0.985. The summed E-state index contributed by atoms with van der Waals surface area (Å²) < 4.78 is 12.4. The van der Waals surface area contributed by atoms with Crippen molar-refractivity contribution in [1.29, 1.82) is 0 Å². The first-order chi connectivity index (χ1) is 12.3. The van der Waals surface area contributed by atoms with E-state index < -0.39 is 5.79 Å². The zero-order chi connectivity index (χ0) is 17.3. The summed E-state index contributed by atoms with van der Waals surface area (Å²) in [6, 6.07) is 20.6. The Hall–Kier alpha value is -2.56. The van der Waals surface area contributed by atoms with Crippen LogP contribution in [0.5, 0.6) is 0 Å². The number of para-hydroxylation sites is 2. The van der Waals surface area contributed by atoms with E-state index in [1.54, 1.807) is 0 Å². The van der Waals surface area contributed by atoms with Crippen LogP contribution >= 0.6 is 0 Å². The first-order valence-corrected chi connectivity index (χ1v) is 8.71. The Bertz CT molecular complexity index is 851. The molecule has 4 heteroatoms. The Balaban J connectivity index is 1.94. The van der Waals surface area contributed by atoms with Gasteiger partial charge in [0.15, 0.2) is 0 Å². The Kier molecular flexibility index (Phi) is 4.07. The van der Waals surface area contributed by atoms with Gasteiger partial charge in [0.1, 0.15) is 0 Å². The fraction of sp³-hybridized carbons (Fsp3) is 0.238. The lowest BCUT2D eigenvalue weighted by Crippen LogP contribution is -2.35. The van der Waals surface area contributed by atoms with Crippen LogP contribution in [0.2, 0.25) is 0 Å². The van der Waals surface area contributed by atoms with E-state index in [1.165, 1.54) is 0 Å². The molecular formula is C21H22N2O2. The Labute approximate surface area is 146 Å². The van der Waals surface area contributed by atoms with Crippen molar-refractivity contribution in [3.8, 4) is 0 Å². The second-order valence-corrected chi connectivity index (χ2v) is 6.02. The zero-order valence-corrected chi connectivity index (χ0v) is 14.5. The molecule has 128 valence electrons. The molecule has 4 nitrogen and oxygen atoms in total. The molecule has 0 unspecified atom stereocenters. The Morgan fingerprint density at radius 1 is 0.720 bits per heavy atom. The molecule has 0 aliphatic heterocycles. The lowest BCUT2D eigenvalue weighted by Gasteiger charge is -2.31. The van der Waals surface area contributed by atoms with E-state index in [0.717, 1.165) is 33.2 Å². The minimum Gasteiger partial charge on any atom is -0.354 e. The third kappa shape index (κ3) is 2.64.